The molecule has 1 aromatic carbocycles. The lowest BCUT2D eigenvalue weighted by Gasteiger charge is -2.15. The van der Waals surface area contributed by atoms with Crippen molar-refractivity contribution in [1.82, 2.24) is 20.1 Å². The summed E-state index contributed by atoms with van der Waals surface area (Å²) >= 11 is 0. The average molecular weight is 412 g/mol. The number of carbonyl (C=O) groups excluding carboxylic acids is 1. The summed E-state index contributed by atoms with van der Waals surface area (Å²) in [5.41, 5.74) is -0.348. The van der Waals surface area contributed by atoms with Gasteiger partial charge >= 0.3 is 5.97 Å². The number of para-hydroxylation sites is 1. The average Bonchev–Trinajstić information content (AvgIpc) is 2.70. The zero-order valence-corrected chi connectivity index (χ0v) is 16.5. The number of amides is 1. The summed E-state index contributed by atoms with van der Waals surface area (Å²) in [6.45, 7) is 3.07. The number of aromatic nitrogens is 3. The number of rotatable bonds is 6. The van der Waals surface area contributed by atoms with Crippen LogP contribution in [-0.4, -0.2) is 49.5 Å². The van der Waals surface area contributed by atoms with Crippen molar-refractivity contribution in [2.45, 2.75) is 20.0 Å². The molecule has 1 amide bonds. The Hall–Kier alpha value is -3.95. The Morgan fingerprint density at radius 1 is 1.23 bits per heavy atom. The maximum atomic E-state index is 12.5. The molecular formula is C20H20N4O6. The van der Waals surface area contributed by atoms with Crippen LogP contribution in [0.4, 0.5) is 0 Å². The first-order chi connectivity index (χ1) is 14.2. The second-order valence-corrected chi connectivity index (χ2v) is 6.79. The second kappa shape index (κ2) is 8.19. The minimum Gasteiger partial charge on any atom is -0.506 e. The minimum absolute atomic E-state index is 0.0679. The maximum absolute atomic E-state index is 12.5. The molecule has 30 heavy (non-hydrogen) atoms. The number of nitrogens with zero attached hydrogens (tertiary/aromatic N) is 3. The molecule has 0 spiro atoms. The summed E-state index contributed by atoms with van der Waals surface area (Å²) in [7, 11) is 1.38. The number of hydrogen-bond donors (Lipinski definition) is 3. The number of aryl methyl sites for hydroxylation is 1. The molecule has 3 aromatic rings. The number of hydrogen-bond acceptors (Lipinski definition) is 7. The van der Waals surface area contributed by atoms with E-state index < -0.39 is 35.3 Å². The van der Waals surface area contributed by atoms with Gasteiger partial charge in [-0.05, 0) is 32.0 Å². The lowest BCUT2D eigenvalue weighted by atomic mass is 10.1. The second-order valence-electron chi connectivity index (χ2n) is 6.79. The first-order valence-electron chi connectivity index (χ1n) is 9.06. The van der Waals surface area contributed by atoms with Gasteiger partial charge in [0.1, 0.15) is 23.6 Å². The van der Waals surface area contributed by atoms with E-state index in [1.54, 1.807) is 18.2 Å². The lowest BCUT2D eigenvalue weighted by molar-refractivity contribution is -0.135. The molecule has 0 fully saturated rings. The SMILES string of the molecule is CC(C)Oc1ccccc1-c1cc2c(O)c(C(=O)NCC(=O)O)c(=O)n(C)c2nn1. The highest BCUT2D eigenvalue weighted by atomic mass is 16.5. The van der Waals surface area contributed by atoms with Crippen molar-refractivity contribution >= 4 is 22.9 Å². The summed E-state index contributed by atoms with van der Waals surface area (Å²) in [5, 5.41) is 29.8. The summed E-state index contributed by atoms with van der Waals surface area (Å²) in [4.78, 5) is 35.5. The number of ether oxygens (including phenoxy) is 1. The zero-order chi connectivity index (χ0) is 22.0. The molecule has 0 unspecified atom stereocenters. The van der Waals surface area contributed by atoms with Gasteiger partial charge in [0.15, 0.2) is 5.65 Å². The van der Waals surface area contributed by atoms with Crippen LogP contribution < -0.4 is 15.6 Å². The van der Waals surface area contributed by atoms with Crippen molar-refractivity contribution < 1.29 is 24.5 Å². The van der Waals surface area contributed by atoms with Crippen LogP contribution in [0.25, 0.3) is 22.3 Å². The zero-order valence-electron chi connectivity index (χ0n) is 16.5. The van der Waals surface area contributed by atoms with E-state index in [1.165, 1.54) is 13.1 Å². The molecule has 0 radical (unpaired) electrons. The van der Waals surface area contributed by atoms with E-state index in [-0.39, 0.29) is 17.1 Å². The molecule has 10 heteroatoms. The Balaban J connectivity index is 2.18. The smallest absolute Gasteiger partial charge is 0.322 e. The van der Waals surface area contributed by atoms with E-state index in [0.717, 1.165) is 4.57 Å². The highest BCUT2D eigenvalue weighted by molar-refractivity contribution is 6.02. The highest BCUT2D eigenvalue weighted by Crippen LogP contribution is 2.32. The van der Waals surface area contributed by atoms with Gasteiger partial charge in [0.2, 0.25) is 0 Å². The third-order valence-corrected chi connectivity index (χ3v) is 4.26. The molecule has 0 aliphatic rings. The monoisotopic (exact) mass is 412 g/mol. The van der Waals surface area contributed by atoms with Crippen LogP contribution in [0.15, 0.2) is 35.1 Å². The number of carboxylic acid groups (broad SMARTS) is 1. The Kier molecular flexibility index (Phi) is 5.67. The molecule has 3 rings (SSSR count). The largest absolute Gasteiger partial charge is 0.506 e. The van der Waals surface area contributed by atoms with Gasteiger partial charge in [-0.15, -0.1) is 10.2 Å². The molecule has 2 aromatic heterocycles. The number of carbonyl (C=O) groups is 2. The fourth-order valence-electron chi connectivity index (χ4n) is 2.92. The first-order valence-corrected chi connectivity index (χ1v) is 9.06. The summed E-state index contributed by atoms with van der Waals surface area (Å²) in [6, 6.07) is 8.63. The van der Waals surface area contributed by atoms with Crippen LogP contribution in [-0.2, 0) is 11.8 Å². The van der Waals surface area contributed by atoms with Gasteiger partial charge in [-0.2, -0.15) is 0 Å². The molecule has 0 aliphatic heterocycles. The Morgan fingerprint density at radius 3 is 2.60 bits per heavy atom. The predicted molar refractivity (Wildman–Crippen MR) is 108 cm³/mol. The Morgan fingerprint density at radius 2 is 1.93 bits per heavy atom. The number of benzene rings is 1. The van der Waals surface area contributed by atoms with E-state index in [1.807, 2.05) is 19.9 Å². The molecule has 2 heterocycles. The van der Waals surface area contributed by atoms with Crippen LogP contribution in [0, 0.1) is 0 Å². The standard InChI is InChI=1S/C20H20N4O6/c1-10(2)30-14-7-5-4-6-11(14)13-8-12-17(27)16(19(28)21-9-15(25)26)20(29)24(3)18(12)23-22-13/h4-8,10,27H,9H2,1-3H3,(H,21,28)(H,25,26). The summed E-state index contributed by atoms with van der Waals surface area (Å²) < 4.78 is 6.86. The Labute approximate surface area is 170 Å². The van der Waals surface area contributed by atoms with Crippen molar-refractivity contribution in [3.63, 3.8) is 0 Å². The van der Waals surface area contributed by atoms with Crippen LogP contribution in [0.5, 0.6) is 11.5 Å². The van der Waals surface area contributed by atoms with Crippen molar-refractivity contribution in [1.29, 1.82) is 0 Å². The highest BCUT2D eigenvalue weighted by Gasteiger charge is 2.23. The van der Waals surface area contributed by atoms with Crippen molar-refractivity contribution in [3.05, 3.63) is 46.2 Å². The van der Waals surface area contributed by atoms with Gasteiger partial charge < -0.3 is 20.3 Å². The number of pyridine rings is 1. The third-order valence-electron chi connectivity index (χ3n) is 4.26. The quantitative estimate of drug-likeness (QED) is 0.550. The van der Waals surface area contributed by atoms with Gasteiger partial charge in [0, 0.05) is 12.6 Å². The number of nitrogens with one attached hydrogen (secondary N) is 1. The molecule has 0 aliphatic carbocycles. The maximum Gasteiger partial charge on any atom is 0.322 e. The molecule has 156 valence electrons. The van der Waals surface area contributed by atoms with Gasteiger partial charge in [0.25, 0.3) is 11.5 Å². The number of carboxylic acids is 1. The molecular weight excluding hydrogens is 392 g/mol. The normalized spacial score (nSPS) is 10.9. The van der Waals surface area contributed by atoms with Crippen LogP contribution in [0.3, 0.4) is 0 Å². The van der Waals surface area contributed by atoms with Gasteiger partial charge in [0.05, 0.1) is 17.2 Å². The van der Waals surface area contributed by atoms with E-state index >= 15 is 0 Å². The summed E-state index contributed by atoms with van der Waals surface area (Å²) in [5.74, 6) is -2.33. The van der Waals surface area contributed by atoms with Crippen molar-refractivity contribution in [3.8, 4) is 22.8 Å². The Bertz CT molecular complexity index is 1200. The molecule has 0 saturated carbocycles. The fraction of sp³-hybridized carbons (Fsp3) is 0.250. The van der Waals surface area contributed by atoms with Crippen LogP contribution in [0.1, 0.15) is 24.2 Å². The predicted octanol–water partition coefficient (Wildman–Crippen LogP) is 1.30. The van der Waals surface area contributed by atoms with E-state index in [4.69, 9.17) is 9.84 Å². The fourth-order valence-corrected chi connectivity index (χ4v) is 2.92. The molecule has 0 atom stereocenters. The summed E-state index contributed by atoms with van der Waals surface area (Å²) in [6.07, 6.45) is -0.0849. The van der Waals surface area contributed by atoms with E-state index in [0.29, 0.717) is 17.0 Å². The van der Waals surface area contributed by atoms with Crippen molar-refractivity contribution in [2.24, 2.45) is 7.05 Å². The van der Waals surface area contributed by atoms with Gasteiger partial charge in [-0.3, -0.25) is 19.0 Å². The van der Waals surface area contributed by atoms with Crippen molar-refractivity contribution in [2.75, 3.05) is 6.54 Å². The minimum atomic E-state index is -1.28. The molecule has 0 saturated heterocycles. The molecule has 0 bridgehead atoms. The third kappa shape index (κ3) is 3.93. The van der Waals surface area contributed by atoms with E-state index in [9.17, 15) is 19.5 Å². The lowest BCUT2D eigenvalue weighted by Crippen LogP contribution is -2.35. The number of aromatic hydroxyl groups is 1. The van der Waals surface area contributed by atoms with E-state index in [2.05, 4.69) is 15.5 Å². The van der Waals surface area contributed by atoms with Crippen LogP contribution in [0.2, 0.25) is 0 Å². The number of aliphatic carboxylic acids is 1. The van der Waals surface area contributed by atoms with Gasteiger partial charge in [-0.25, -0.2) is 0 Å². The molecule has 10 nitrogen and oxygen atoms in total. The van der Waals surface area contributed by atoms with Crippen LogP contribution >= 0.6 is 0 Å². The van der Waals surface area contributed by atoms with Gasteiger partial charge in [-0.1, -0.05) is 12.1 Å². The first kappa shape index (κ1) is 20.8. The number of fused-ring (bicyclic) bond motifs is 1. The molecule has 3 N–H and O–H groups in total. The topological polar surface area (TPSA) is 144 Å².